The van der Waals surface area contributed by atoms with Gasteiger partial charge in [-0.25, -0.2) is 18.7 Å². The molecule has 10 heteroatoms. The number of carbonyl (C=O) groups excluding carboxylic acids is 1. The molecule has 3 aromatic rings. The molecular formula is C21H15ClF5N3O. The highest BCUT2D eigenvalue weighted by Gasteiger charge is 2.44. The zero-order valence-corrected chi connectivity index (χ0v) is 16.6. The fourth-order valence-electron chi connectivity index (χ4n) is 3.86. The van der Waals surface area contributed by atoms with Crippen LogP contribution in [0.5, 0.6) is 0 Å². The molecule has 1 saturated heterocycles. The van der Waals surface area contributed by atoms with Gasteiger partial charge in [-0.1, -0.05) is 29.8 Å². The van der Waals surface area contributed by atoms with Gasteiger partial charge in [-0.3, -0.25) is 4.79 Å². The number of nitrogens with zero attached hydrogens (tertiary/aromatic N) is 3. The summed E-state index contributed by atoms with van der Waals surface area (Å²) in [6, 6.07) is 7.03. The van der Waals surface area contributed by atoms with Gasteiger partial charge < -0.3 is 4.90 Å². The molecule has 0 atom stereocenters. The second-order valence-electron chi connectivity index (χ2n) is 7.24. The second-order valence-corrected chi connectivity index (χ2v) is 7.65. The van der Waals surface area contributed by atoms with Crippen molar-refractivity contribution < 1.29 is 26.7 Å². The summed E-state index contributed by atoms with van der Waals surface area (Å²) in [4.78, 5) is 21.3. The van der Waals surface area contributed by atoms with Gasteiger partial charge in [0.15, 0.2) is 5.82 Å². The minimum absolute atomic E-state index is 0.00658. The number of alkyl halides is 3. The first-order valence-corrected chi connectivity index (χ1v) is 9.80. The molecule has 0 amide bonds. The molecule has 1 aliphatic rings. The molecule has 1 fully saturated rings. The summed E-state index contributed by atoms with van der Waals surface area (Å²) in [5, 5.41) is 0.207. The first kappa shape index (κ1) is 21.4. The molecule has 31 heavy (non-hydrogen) atoms. The van der Waals surface area contributed by atoms with Crippen molar-refractivity contribution in [1.82, 2.24) is 9.97 Å². The van der Waals surface area contributed by atoms with Crippen LogP contribution in [0, 0.1) is 17.6 Å². The van der Waals surface area contributed by atoms with Gasteiger partial charge in [-0.05, 0) is 25.0 Å². The molecule has 1 aliphatic heterocycles. The Kier molecular flexibility index (Phi) is 5.55. The Hall–Kier alpha value is -2.81. The third-order valence-electron chi connectivity index (χ3n) is 5.39. The summed E-state index contributed by atoms with van der Waals surface area (Å²) in [5.74, 6) is -4.02. The summed E-state index contributed by atoms with van der Waals surface area (Å²) < 4.78 is 67.6. The van der Waals surface area contributed by atoms with E-state index in [1.54, 1.807) is 11.0 Å². The number of aromatic nitrogens is 2. The Bertz CT molecular complexity index is 1160. The van der Waals surface area contributed by atoms with E-state index in [0.29, 0.717) is 5.82 Å². The quantitative estimate of drug-likeness (QED) is 0.484. The zero-order valence-electron chi connectivity index (χ0n) is 15.9. The number of rotatable bonds is 3. The molecule has 0 bridgehead atoms. The summed E-state index contributed by atoms with van der Waals surface area (Å²) in [6.07, 6.45) is -3.75. The van der Waals surface area contributed by atoms with E-state index in [0.717, 1.165) is 6.33 Å². The van der Waals surface area contributed by atoms with Crippen LogP contribution in [0.25, 0.3) is 22.0 Å². The van der Waals surface area contributed by atoms with Crippen molar-refractivity contribution in [2.45, 2.75) is 19.0 Å². The summed E-state index contributed by atoms with van der Waals surface area (Å²) in [7, 11) is 0. The standard InChI is InChI=1S/C21H15ClF5N3O/c22-14-9-13-18(17(24)16(14)12-3-1-2-4-15(12)23)28-10-29-20(13)30-7-5-11(6-8-30)19(31)21(25,26)27/h1-4,9-11H,5-8H2. The smallest absolute Gasteiger partial charge is 0.356 e. The third-order valence-corrected chi connectivity index (χ3v) is 5.69. The third kappa shape index (κ3) is 3.94. The van der Waals surface area contributed by atoms with Crippen LogP contribution in [-0.4, -0.2) is 35.0 Å². The molecule has 0 saturated carbocycles. The molecule has 4 rings (SSSR count). The zero-order chi connectivity index (χ0) is 22.3. The predicted molar refractivity (Wildman–Crippen MR) is 106 cm³/mol. The van der Waals surface area contributed by atoms with E-state index in [9.17, 15) is 22.4 Å². The molecule has 0 aliphatic carbocycles. The first-order chi connectivity index (χ1) is 14.7. The van der Waals surface area contributed by atoms with Gasteiger partial charge in [0.1, 0.15) is 23.5 Å². The van der Waals surface area contributed by atoms with Crippen molar-refractivity contribution in [3.8, 4) is 11.1 Å². The van der Waals surface area contributed by atoms with E-state index < -0.39 is 29.5 Å². The van der Waals surface area contributed by atoms with Gasteiger partial charge in [0.2, 0.25) is 5.78 Å². The molecule has 1 aromatic heterocycles. The fraction of sp³-hybridized carbons (Fsp3) is 0.286. The minimum atomic E-state index is -4.87. The number of halogens is 6. The maximum absolute atomic E-state index is 15.3. The van der Waals surface area contributed by atoms with Crippen molar-refractivity contribution >= 4 is 34.1 Å². The molecule has 0 spiro atoms. The van der Waals surface area contributed by atoms with Crippen molar-refractivity contribution in [3.63, 3.8) is 0 Å². The number of Topliss-reactive ketones (excluding diaryl/α,β-unsaturated/α-hetero) is 1. The van der Waals surface area contributed by atoms with Crippen LogP contribution in [-0.2, 0) is 4.79 Å². The van der Waals surface area contributed by atoms with Gasteiger partial charge in [0, 0.05) is 35.5 Å². The van der Waals surface area contributed by atoms with Crippen LogP contribution in [0.15, 0.2) is 36.7 Å². The summed E-state index contributed by atoms with van der Waals surface area (Å²) in [5.41, 5.74) is -0.230. The number of benzene rings is 2. The normalized spacial score (nSPS) is 15.5. The molecular weight excluding hydrogens is 441 g/mol. The van der Waals surface area contributed by atoms with Gasteiger partial charge in [0.05, 0.1) is 5.02 Å². The number of ketones is 1. The number of hydrogen-bond acceptors (Lipinski definition) is 4. The van der Waals surface area contributed by atoms with Crippen LogP contribution in [0.4, 0.5) is 27.8 Å². The largest absolute Gasteiger partial charge is 0.450 e. The van der Waals surface area contributed by atoms with Crippen LogP contribution in [0.1, 0.15) is 12.8 Å². The average Bonchev–Trinajstić information content (AvgIpc) is 2.74. The number of anilines is 1. The Morgan fingerprint density at radius 1 is 1.10 bits per heavy atom. The highest BCUT2D eigenvalue weighted by atomic mass is 35.5. The lowest BCUT2D eigenvalue weighted by Crippen LogP contribution is -2.40. The maximum atomic E-state index is 15.3. The molecule has 0 radical (unpaired) electrons. The van der Waals surface area contributed by atoms with Crippen molar-refractivity contribution in [1.29, 1.82) is 0 Å². The number of fused-ring (bicyclic) bond motifs is 1. The van der Waals surface area contributed by atoms with Crippen LogP contribution in [0.3, 0.4) is 0 Å². The summed E-state index contributed by atoms with van der Waals surface area (Å²) in [6.45, 7) is 0.264. The van der Waals surface area contributed by atoms with Gasteiger partial charge in [-0.2, -0.15) is 13.2 Å². The van der Waals surface area contributed by atoms with Crippen LogP contribution >= 0.6 is 11.6 Å². The van der Waals surface area contributed by atoms with E-state index in [-0.39, 0.29) is 53.0 Å². The molecule has 4 nitrogen and oxygen atoms in total. The molecule has 0 N–H and O–H groups in total. The number of hydrogen-bond donors (Lipinski definition) is 0. The van der Waals surface area contributed by atoms with Crippen molar-refractivity contribution in [2.24, 2.45) is 5.92 Å². The lowest BCUT2D eigenvalue weighted by molar-refractivity contribution is -0.176. The molecule has 2 heterocycles. The Morgan fingerprint density at radius 2 is 1.77 bits per heavy atom. The SMILES string of the molecule is O=C(C1CCN(c2ncnc3c(F)c(-c4ccccc4F)c(Cl)cc23)CC1)C(F)(F)F. The molecule has 0 unspecified atom stereocenters. The Morgan fingerprint density at radius 3 is 2.42 bits per heavy atom. The predicted octanol–water partition coefficient (Wildman–Crippen LogP) is 5.58. The lowest BCUT2D eigenvalue weighted by Gasteiger charge is -2.32. The number of piperidine rings is 1. The van der Waals surface area contributed by atoms with Crippen molar-refractivity contribution in [3.05, 3.63) is 53.3 Å². The first-order valence-electron chi connectivity index (χ1n) is 9.42. The highest BCUT2D eigenvalue weighted by molar-refractivity contribution is 6.34. The minimum Gasteiger partial charge on any atom is -0.356 e. The fourth-order valence-corrected chi connectivity index (χ4v) is 4.16. The lowest BCUT2D eigenvalue weighted by atomic mass is 9.92. The monoisotopic (exact) mass is 455 g/mol. The van der Waals surface area contributed by atoms with Crippen LogP contribution in [0.2, 0.25) is 5.02 Å². The van der Waals surface area contributed by atoms with E-state index >= 15 is 4.39 Å². The average molecular weight is 456 g/mol. The second kappa shape index (κ2) is 8.03. The van der Waals surface area contributed by atoms with Crippen molar-refractivity contribution in [2.75, 3.05) is 18.0 Å². The number of carbonyl (C=O) groups is 1. The van der Waals surface area contributed by atoms with Crippen LogP contribution < -0.4 is 4.90 Å². The highest BCUT2D eigenvalue weighted by Crippen LogP contribution is 2.39. The Balaban J connectivity index is 1.70. The Labute approximate surface area is 178 Å². The maximum Gasteiger partial charge on any atom is 0.450 e. The van der Waals surface area contributed by atoms with Gasteiger partial charge in [0.25, 0.3) is 0 Å². The van der Waals surface area contributed by atoms with E-state index in [4.69, 9.17) is 11.6 Å². The van der Waals surface area contributed by atoms with E-state index in [1.165, 1.54) is 24.3 Å². The molecule has 2 aromatic carbocycles. The van der Waals surface area contributed by atoms with E-state index in [2.05, 4.69) is 9.97 Å². The topological polar surface area (TPSA) is 46.1 Å². The van der Waals surface area contributed by atoms with Gasteiger partial charge in [-0.15, -0.1) is 0 Å². The molecule has 162 valence electrons. The van der Waals surface area contributed by atoms with E-state index in [1.807, 2.05) is 0 Å². The summed E-state index contributed by atoms with van der Waals surface area (Å²) >= 11 is 6.29. The van der Waals surface area contributed by atoms with Gasteiger partial charge >= 0.3 is 6.18 Å².